The minimum absolute atomic E-state index is 0.133. The van der Waals surface area contributed by atoms with Crippen LogP contribution in [0.5, 0.6) is 0 Å². The highest BCUT2D eigenvalue weighted by Gasteiger charge is 2.17. The van der Waals surface area contributed by atoms with E-state index in [-0.39, 0.29) is 4.90 Å². The molecular weight excluding hydrogens is 406 g/mol. The van der Waals surface area contributed by atoms with Crippen LogP contribution in [-0.2, 0) is 16.6 Å². The van der Waals surface area contributed by atoms with E-state index in [2.05, 4.69) is 23.7 Å². The molecule has 8 heteroatoms. The monoisotopic (exact) mass is 429 g/mol. The molecule has 0 atom stereocenters. The molecule has 0 aliphatic carbocycles. The Labute approximate surface area is 174 Å². The molecule has 0 unspecified atom stereocenters. The second kappa shape index (κ2) is 8.06. The van der Waals surface area contributed by atoms with Gasteiger partial charge in [0.25, 0.3) is 5.91 Å². The van der Waals surface area contributed by atoms with Gasteiger partial charge in [-0.3, -0.25) is 4.79 Å². The van der Waals surface area contributed by atoms with Gasteiger partial charge < -0.3 is 4.57 Å². The first-order valence-electron chi connectivity index (χ1n) is 8.98. The number of fused-ring (bicyclic) bond motifs is 1. The topological polar surface area (TPSA) is 71.7 Å². The number of hydrogen-bond acceptors (Lipinski definition) is 4. The van der Waals surface area contributed by atoms with Gasteiger partial charge in [0.2, 0.25) is 10.0 Å². The molecule has 29 heavy (non-hydrogen) atoms. The summed E-state index contributed by atoms with van der Waals surface area (Å²) < 4.78 is 28.6. The van der Waals surface area contributed by atoms with Crippen LogP contribution in [0.3, 0.4) is 0 Å². The quantitative estimate of drug-likeness (QED) is 0.583. The summed E-state index contributed by atoms with van der Waals surface area (Å²) in [6, 6.07) is 10.0. The molecule has 0 saturated carbocycles. The molecule has 6 nitrogen and oxygen atoms in total. The number of allylic oxidation sites excluding steroid dienone is 1. The highest BCUT2D eigenvalue weighted by atomic mass is 32.2. The fourth-order valence-corrected chi connectivity index (χ4v) is 5.02. The molecule has 3 rings (SSSR count). The molecule has 0 N–H and O–H groups in total. The zero-order valence-electron chi connectivity index (χ0n) is 16.8. The third-order valence-corrected chi connectivity index (χ3v) is 7.56. The SMILES string of the molecule is C=CCn1c(=NC(=O)c2ccc(S(=O)(=O)N(C)C)cc2)sc2c(C)cc(C)cc21. The van der Waals surface area contributed by atoms with Crippen LogP contribution in [0.2, 0.25) is 0 Å². The highest BCUT2D eigenvalue weighted by Crippen LogP contribution is 2.23. The molecule has 1 aromatic heterocycles. The van der Waals surface area contributed by atoms with Gasteiger partial charge in [0.05, 0.1) is 15.1 Å². The van der Waals surface area contributed by atoms with Crippen molar-refractivity contribution in [3.05, 3.63) is 70.5 Å². The molecule has 0 aliphatic heterocycles. The van der Waals surface area contributed by atoms with Gasteiger partial charge in [-0.15, -0.1) is 6.58 Å². The largest absolute Gasteiger partial charge is 0.312 e. The molecule has 0 radical (unpaired) electrons. The average Bonchev–Trinajstić information content (AvgIpc) is 3.00. The molecule has 0 bridgehead atoms. The Kier molecular flexibility index (Phi) is 5.88. The Hall–Kier alpha value is -2.55. The Morgan fingerprint density at radius 2 is 1.86 bits per heavy atom. The lowest BCUT2D eigenvalue weighted by atomic mass is 10.1. The van der Waals surface area contributed by atoms with Gasteiger partial charge in [-0.1, -0.05) is 23.5 Å². The Balaban J connectivity index is 2.07. The standard InChI is InChI=1S/C21H23N3O3S2/c1-6-11-24-18-13-14(2)12-15(3)19(18)28-21(24)22-20(25)16-7-9-17(10-8-16)29(26,27)23(4)5/h6-10,12-13H,1,11H2,2-5H3. The van der Waals surface area contributed by atoms with Crippen molar-refractivity contribution in [2.45, 2.75) is 25.3 Å². The van der Waals surface area contributed by atoms with Crippen LogP contribution in [-0.4, -0.2) is 37.3 Å². The molecule has 3 aromatic rings. The van der Waals surface area contributed by atoms with E-state index < -0.39 is 15.9 Å². The number of carbonyl (C=O) groups is 1. The van der Waals surface area contributed by atoms with Crippen molar-refractivity contribution in [3.8, 4) is 0 Å². The van der Waals surface area contributed by atoms with Crippen molar-refractivity contribution in [3.63, 3.8) is 0 Å². The summed E-state index contributed by atoms with van der Waals surface area (Å²) in [4.78, 5) is 17.8. The fourth-order valence-electron chi connectivity index (χ4n) is 3.04. The molecule has 0 saturated heterocycles. The lowest BCUT2D eigenvalue weighted by Gasteiger charge is -2.11. The van der Waals surface area contributed by atoms with Crippen molar-refractivity contribution in [2.24, 2.45) is 4.99 Å². The van der Waals surface area contributed by atoms with Crippen LogP contribution in [0.15, 0.2) is 58.9 Å². The summed E-state index contributed by atoms with van der Waals surface area (Å²) in [6.45, 7) is 8.42. The van der Waals surface area contributed by atoms with Gasteiger partial charge in [0.1, 0.15) is 0 Å². The Morgan fingerprint density at radius 1 is 1.21 bits per heavy atom. The maximum atomic E-state index is 12.7. The Bertz CT molecular complexity index is 1260. The predicted molar refractivity (Wildman–Crippen MR) is 117 cm³/mol. The minimum Gasteiger partial charge on any atom is -0.312 e. The fraction of sp³-hybridized carbons (Fsp3) is 0.238. The third-order valence-electron chi connectivity index (χ3n) is 4.50. The van der Waals surface area contributed by atoms with Gasteiger partial charge in [0, 0.05) is 26.2 Å². The summed E-state index contributed by atoms with van der Waals surface area (Å²) in [5.41, 5.74) is 3.63. The van der Waals surface area contributed by atoms with Crippen LogP contribution in [0.4, 0.5) is 0 Å². The first-order valence-corrected chi connectivity index (χ1v) is 11.2. The summed E-state index contributed by atoms with van der Waals surface area (Å²) in [5, 5.41) is 0. The zero-order valence-corrected chi connectivity index (χ0v) is 18.5. The second-order valence-corrected chi connectivity index (χ2v) is 10.1. The number of aryl methyl sites for hydroxylation is 2. The molecule has 0 aliphatic rings. The zero-order chi connectivity index (χ0) is 21.3. The van der Waals surface area contributed by atoms with Crippen LogP contribution in [0, 0.1) is 13.8 Å². The number of benzene rings is 2. The van der Waals surface area contributed by atoms with Crippen molar-refractivity contribution in [1.29, 1.82) is 0 Å². The summed E-state index contributed by atoms with van der Waals surface area (Å²) >= 11 is 1.46. The minimum atomic E-state index is -3.54. The number of sulfonamides is 1. The number of hydrogen-bond donors (Lipinski definition) is 0. The number of thiazole rings is 1. The van der Waals surface area contributed by atoms with Crippen molar-refractivity contribution in [2.75, 3.05) is 14.1 Å². The van der Waals surface area contributed by atoms with Gasteiger partial charge in [0.15, 0.2) is 4.80 Å². The van der Waals surface area contributed by atoms with E-state index in [1.165, 1.54) is 49.7 Å². The number of rotatable bonds is 5. The van der Waals surface area contributed by atoms with E-state index in [0.29, 0.717) is 16.9 Å². The smallest absolute Gasteiger partial charge is 0.279 e. The van der Waals surface area contributed by atoms with Crippen molar-refractivity contribution in [1.82, 2.24) is 8.87 Å². The van der Waals surface area contributed by atoms with Crippen LogP contribution in [0.1, 0.15) is 21.5 Å². The predicted octanol–water partition coefficient (Wildman–Crippen LogP) is 3.50. The number of aromatic nitrogens is 1. The maximum Gasteiger partial charge on any atom is 0.279 e. The van der Waals surface area contributed by atoms with Crippen molar-refractivity contribution >= 4 is 37.5 Å². The third kappa shape index (κ3) is 4.10. The molecule has 1 heterocycles. The van der Waals surface area contributed by atoms with Gasteiger partial charge in [-0.05, 0) is 55.3 Å². The van der Waals surface area contributed by atoms with E-state index >= 15 is 0 Å². The van der Waals surface area contributed by atoms with E-state index in [1.807, 2.05) is 18.4 Å². The second-order valence-electron chi connectivity index (χ2n) is 6.94. The maximum absolute atomic E-state index is 12.7. The summed E-state index contributed by atoms with van der Waals surface area (Å²) in [6.07, 6.45) is 1.77. The number of amides is 1. The molecule has 0 fully saturated rings. The molecule has 1 amide bonds. The normalized spacial score (nSPS) is 12.7. The van der Waals surface area contributed by atoms with Gasteiger partial charge in [-0.2, -0.15) is 4.99 Å². The molecule has 2 aromatic carbocycles. The number of nitrogens with zero attached hydrogens (tertiary/aromatic N) is 3. The van der Waals surface area contributed by atoms with Crippen LogP contribution >= 0.6 is 11.3 Å². The summed E-state index contributed by atoms with van der Waals surface area (Å²) in [7, 11) is -0.609. The van der Waals surface area contributed by atoms with Crippen molar-refractivity contribution < 1.29 is 13.2 Å². The van der Waals surface area contributed by atoms with Crippen LogP contribution in [0.25, 0.3) is 10.2 Å². The van der Waals surface area contributed by atoms with Gasteiger partial charge >= 0.3 is 0 Å². The average molecular weight is 430 g/mol. The van der Waals surface area contributed by atoms with Crippen LogP contribution < -0.4 is 4.80 Å². The van der Waals surface area contributed by atoms with Gasteiger partial charge in [-0.25, -0.2) is 12.7 Å². The summed E-state index contributed by atoms with van der Waals surface area (Å²) in [5.74, 6) is -0.419. The Morgan fingerprint density at radius 3 is 2.45 bits per heavy atom. The lowest BCUT2D eigenvalue weighted by Crippen LogP contribution is -2.22. The first-order chi connectivity index (χ1) is 13.6. The van der Waals surface area contributed by atoms with E-state index in [1.54, 1.807) is 6.08 Å². The highest BCUT2D eigenvalue weighted by molar-refractivity contribution is 7.89. The number of carbonyl (C=O) groups excluding carboxylic acids is 1. The molecule has 152 valence electrons. The van der Waals surface area contributed by atoms with E-state index in [4.69, 9.17) is 0 Å². The first kappa shape index (κ1) is 21.2. The lowest BCUT2D eigenvalue weighted by molar-refractivity contribution is 0.0998. The molecular formula is C21H23N3O3S2. The van der Waals surface area contributed by atoms with E-state index in [9.17, 15) is 13.2 Å². The molecule has 0 spiro atoms. The van der Waals surface area contributed by atoms with E-state index in [0.717, 1.165) is 25.6 Å².